The molecule has 6 heteroatoms. The third kappa shape index (κ3) is 3.64. The third-order valence-corrected chi connectivity index (χ3v) is 3.40. The highest BCUT2D eigenvalue weighted by atomic mass is 16.5. The molecule has 0 fully saturated rings. The maximum Gasteiger partial charge on any atom is 0.274 e. The quantitative estimate of drug-likeness (QED) is 0.731. The molecule has 0 aliphatic heterocycles. The number of hydrogen-bond donors (Lipinski definition) is 2. The zero-order valence-electron chi connectivity index (χ0n) is 20.9. The maximum absolute atomic E-state index is 12.4. The second-order valence-corrected chi connectivity index (χ2v) is 5.29. The SMILES string of the molecule is [2H]c1c([2H])c([2H])c(Oc2ccc3c(O)c(C(=O)NC([2H])([2H])C(C)=O)nc(C)c3c2)c([2H])c1[2H]. The molecule has 0 spiro atoms. The summed E-state index contributed by atoms with van der Waals surface area (Å²) in [7, 11) is 0. The summed E-state index contributed by atoms with van der Waals surface area (Å²) >= 11 is 0. The number of hydrogen-bond acceptors (Lipinski definition) is 5. The second-order valence-electron chi connectivity index (χ2n) is 5.29. The Bertz CT molecular complexity index is 1300. The lowest BCUT2D eigenvalue weighted by Crippen LogP contribution is -2.29. The Kier molecular flexibility index (Phi) is 2.93. The molecule has 0 aliphatic rings. The molecule has 3 rings (SSSR count). The number of nitrogens with zero attached hydrogens (tertiary/aromatic N) is 1. The summed E-state index contributed by atoms with van der Waals surface area (Å²) in [6, 6.07) is 1.44. The fraction of sp³-hybridized carbons (Fsp3) is 0.150. The summed E-state index contributed by atoms with van der Waals surface area (Å²) in [5, 5.41) is 12.9. The molecule has 0 radical (unpaired) electrons. The highest BCUT2D eigenvalue weighted by molar-refractivity contribution is 6.03. The van der Waals surface area contributed by atoms with Crippen molar-refractivity contribution < 1.29 is 29.0 Å². The Morgan fingerprint density at radius 3 is 2.65 bits per heavy atom. The van der Waals surface area contributed by atoms with E-state index in [0.717, 1.165) is 6.92 Å². The smallest absolute Gasteiger partial charge is 0.274 e. The minimum atomic E-state index is -2.64. The summed E-state index contributed by atoms with van der Waals surface area (Å²) in [5.74, 6) is -2.85. The van der Waals surface area contributed by atoms with Gasteiger partial charge in [0, 0.05) is 16.5 Å². The van der Waals surface area contributed by atoms with Gasteiger partial charge in [0.1, 0.15) is 17.3 Å². The highest BCUT2D eigenvalue weighted by Gasteiger charge is 2.18. The van der Waals surface area contributed by atoms with Crippen molar-refractivity contribution in [3.8, 4) is 17.2 Å². The van der Waals surface area contributed by atoms with Crippen LogP contribution in [0.25, 0.3) is 10.8 Å². The number of fused-ring (bicyclic) bond motifs is 1. The van der Waals surface area contributed by atoms with E-state index in [1.165, 1.54) is 25.1 Å². The van der Waals surface area contributed by atoms with E-state index in [-0.39, 0.29) is 22.6 Å². The van der Waals surface area contributed by atoms with Crippen molar-refractivity contribution in [1.82, 2.24) is 10.3 Å². The van der Waals surface area contributed by atoms with Crippen molar-refractivity contribution >= 4 is 22.5 Å². The number of Topliss-reactive ketones (excluding diaryl/α,β-unsaturated/α-hetero) is 1. The fourth-order valence-electron chi connectivity index (χ4n) is 2.27. The molecule has 0 bridgehead atoms. The van der Waals surface area contributed by atoms with Gasteiger partial charge in [-0.15, -0.1) is 0 Å². The zero-order chi connectivity index (χ0) is 24.8. The number of aryl methyl sites for hydroxylation is 1. The number of carbonyl (C=O) groups excluding carboxylic acids is 2. The van der Waals surface area contributed by atoms with Crippen LogP contribution in [0.1, 0.15) is 32.7 Å². The molecule has 1 heterocycles. The monoisotopic (exact) mass is 357 g/mol. The molecule has 0 unspecified atom stereocenters. The van der Waals surface area contributed by atoms with Gasteiger partial charge in [-0.2, -0.15) is 0 Å². The first kappa shape index (κ1) is 10.6. The van der Waals surface area contributed by atoms with Gasteiger partial charge in [0.2, 0.25) is 0 Å². The van der Waals surface area contributed by atoms with Crippen molar-refractivity contribution in [2.24, 2.45) is 0 Å². The van der Waals surface area contributed by atoms with Crippen molar-refractivity contribution in [3.63, 3.8) is 0 Å². The number of pyridine rings is 1. The number of carbonyl (C=O) groups is 2. The normalized spacial score (nSPS) is 14.9. The average Bonchev–Trinajstić information content (AvgIpc) is 2.75. The Hall–Kier alpha value is -3.41. The van der Waals surface area contributed by atoms with Crippen LogP contribution in [0.4, 0.5) is 0 Å². The van der Waals surface area contributed by atoms with E-state index in [1.807, 2.05) is 5.32 Å². The molecule has 0 saturated heterocycles. The first-order valence-electron chi connectivity index (χ1n) is 11.0. The Labute approximate surface area is 160 Å². The molecule has 1 amide bonds. The Morgan fingerprint density at radius 2 is 1.96 bits per heavy atom. The van der Waals surface area contributed by atoms with E-state index in [0.29, 0.717) is 5.39 Å². The molecule has 0 saturated carbocycles. The van der Waals surface area contributed by atoms with Gasteiger partial charge in [0.05, 0.1) is 16.1 Å². The standard InChI is InChI=1S/C20H18N2O4/c1-12(23)11-21-20(25)18-19(24)16-9-8-15(10-17(16)13(2)22-18)26-14-6-4-3-5-7-14/h3-10,24H,11H2,1-2H3,(H,21,25)/i3D,4D,5D,6D,7D,11D2. The number of ether oxygens (including phenoxy) is 1. The van der Waals surface area contributed by atoms with Crippen LogP contribution in [0.3, 0.4) is 0 Å². The molecule has 0 aliphatic carbocycles. The van der Waals surface area contributed by atoms with E-state index in [9.17, 15) is 14.7 Å². The molecule has 6 nitrogen and oxygen atoms in total. The first-order valence-corrected chi connectivity index (χ1v) is 7.48. The van der Waals surface area contributed by atoms with E-state index in [4.69, 9.17) is 14.3 Å². The van der Waals surface area contributed by atoms with Crippen LogP contribution in [-0.4, -0.2) is 28.3 Å². The van der Waals surface area contributed by atoms with E-state index >= 15 is 0 Å². The number of nitrogens with one attached hydrogen (secondary N) is 1. The number of ketones is 1. The lowest BCUT2D eigenvalue weighted by Gasteiger charge is -2.12. The average molecular weight is 357 g/mol. The molecule has 26 heavy (non-hydrogen) atoms. The second kappa shape index (κ2) is 7.23. The summed E-state index contributed by atoms with van der Waals surface area (Å²) in [4.78, 5) is 27.8. The maximum atomic E-state index is 12.4. The first-order chi connectivity index (χ1) is 15.3. The van der Waals surface area contributed by atoms with Crippen molar-refractivity contribution in [3.05, 3.63) is 59.8 Å². The van der Waals surface area contributed by atoms with Gasteiger partial charge in [-0.1, -0.05) is 18.1 Å². The van der Waals surface area contributed by atoms with Crippen LogP contribution < -0.4 is 10.1 Å². The number of amides is 1. The van der Waals surface area contributed by atoms with Crippen molar-refractivity contribution in [1.29, 1.82) is 0 Å². The molecule has 132 valence electrons. The van der Waals surface area contributed by atoms with Gasteiger partial charge in [-0.05, 0) is 44.1 Å². The van der Waals surface area contributed by atoms with Gasteiger partial charge in [0.25, 0.3) is 5.91 Å². The summed E-state index contributed by atoms with van der Waals surface area (Å²) < 4.78 is 59.7. The molecule has 3 aromatic rings. The third-order valence-electron chi connectivity index (χ3n) is 3.40. The summed E-state index contributed by atoms with van der Waals surface area (Å²) in [6.45, 7) is -0.154. The number of para-hydroxylation sites is 1. The van der Waals surface area contributed by atoms with Crippen molar-refractivity contribution in [2.45, 2.75) is 13.8 Å². The van der Waals surface area contributed by atoms with Crippen LogP contribution in [0.5, 0.6) is 17.2 Å². The minimum Gasteiger partial charge on any atom is -0.505 e. The topological polar surface area (TPSA) is 88.5 Å². The van der Waals surface area contributed by atoms with Crippen molar-refractivity contribution in [2.75, 3.05) is 6.50 Å². The number of aromatic nitrogens is 1. The van der Waals surface area contributed by atoms with E-state index < -0.39 is 59.8 Å². The lowest BCUT2D eigenvalue weighted by molar-refractivity contribution is -0.116. The van der Waals surface area contributed by atoms with Gasteiger partial charge in [-0.3, -0.25) is 9.59 Å². The molecule has 2 N–H and O–H groups in total. The summed E-state index contributed by atoms with van der Waals surface area (Å²) in [5.41, 5.74) is -0.229. The van der Waals surface area contributed by atoms with Gasteiger partial charge in [-0.25, -0.2) is 4.98 Å². The minimum absolute atomic E-state index is 0.0930. The lowest BCUT2D eigenvalue weighted by atomic mass is 10.1. The molecule has 1 aromatic heterocycles. The van der Waals surface area contributed by atoms with E-state index in [1.54, 1.807) is 0 Å². The van der Waals surface area contributed by atoms with Crippen LogP contribution in [0.2, 0.25) is 0 Å². The summed E-state index contributed by atoms with van der Waals surface area (Å²) in [6.07, 6.45) is 0. The molecule has 2 aromatic carbocycles. The molecule has 0 atom stereocenters. The van der Waals surface area contributed by atoms with Gasteiger partial charge in [0.15, 0.2) is 11.4 Å². The molecular weight excluding hydrogens is 332 g/mol. The largest absolute Gasteiger partial charge is 0.505 e. The van der Waals surface area contributed by atoms with Crippen LogP contribution in [0, 0.1) is 6.92 Å². The van der Waals surface area contributed by atoms with E-state index in [2.05, 4.69) is 4.98 Å². The number of aromatic hydroxyl groups is 1. The van der Waals surface area contributed by atoms with Gasteiger partial charge < -0.3 is 15.2 Å². The molecular formula is C20H18N2O4. The Morgan fingerprint density at radius 1 is 1.23 bits per heavy atom. The number of benzene rings is 2. The zero-order valence-corrected chi connectivity index (χ0v) is 13.9. The van der Waals surface area contributed by atoms with Crippen LogP contribution in [-0.2, 0) is 4.79 Å². The predicted molar refractivity (Wildman–Crippen MR) is 97.7 cm³/mol. The fourth-order valence-corrected chi connectivity index (χ4v) is 2.27. The number of rotatable bonds is 5. The van der Waals surface area contributed by atoms with Gasteiger partial charge >= 0.3 is 0 Å². The van der Waals surface area contributed by atoms with Crippen LogP contribution >= 0.6 is 0 Å². The predicted octanol–water partition coefficient (Wildman–Crippen LogP) is 3.36. The van der Waals surface area contributed by atoms with Crippen LogP contribution in [0.15, 0.2) is 48.4 Å². The highest BCUT2D eigenvalue weighted by Crippen LogP contribution is 2.33. The Balaban J connectivity index is 2.05.